The average molecular weight is 479 g/mol. The maximum Gasteiger partial charge on any atom is 0.305 e. The van der Waals surface area contributed by atoms with Gasteiger partial charge in [0.1, 0.15) is 19.0 Å². The molecule has 34 heavy (non-hydrogen) atoms. The molecule has 0 heterocycles. The molecule has 0 amide bonds. The van der Waals surface area contributed by atoms with Gasteiger partial charge in [-0.15, -0.1) is 0 Å². The number of carbonyl (C=O) groups is 1. The van der Waals surface area contributed by atoms with Crippen molar-refractivity contribution in [2.75, 3.05) is 39.6 Å². The SMILES string of the molecule is CCCCCCCCC(=O)OCCOCCOCCOc1ccc(CCCCCCCC)cc1. The number of aryl methyl sites for hydroxylation is 1. The van der Waals surface area contributed by atoms with Crippen molar-refractivity contribution in [3.63, 3.8) is 0 Å². The Balaban J connectivity index is 1.88. The molecule has 1 rings (SSSR count). The fourth-order valence-corrected chi connectivity index (χ4v) is 3.74. The summed E-state index contributed by atoms with van der Waals surface area (Å²) in [5.74, 6) is 0.761. The molecular formula is C29H50O5. The second-order valence-corrected chi connectivity index (χ2v) is 8.97. The van der Waals surface area contributed by atoms with Gasteiger partial charge in [-0.25, -0.2) is 0 Å². The van der Waals surface area contributed by atoms with Crippen LogP contribution in [0.25, 0.3) is 0 Å². The summed E-state index contributed by atoms with van der Waals surface area (Å²) in [6, 6.07) is 8.42. The number of ether oxygens (including phenoxy) is 4. The highest BCUT2D eigenvalue weighted by Crippen LogP contribution is 2.15. The van der Waals surface area contributed by atoms with Gasteiger partial charge in [0, 0.05) is 6.42 Å². The molecule has 0 radical (unpaired) electrons. The minimum atomic E-state index is -0.122. The molecule has 0 aliphatic carbocycles. The number of esters is 1. The summed E-state index contributed by atoms with van der Waals surface area (Å²) < 4.78 is 21.9. The molecule has 0 spiro atoms. The Kier molecular flexibility index (Phi) is 20.7. The third-order valence-corrected chi connectivity index (χ3v) is 5.84. The quantitative estimate of drug-likeness (QED) is 0.115. The summed E-state index contributed by atoms with van der Waals surface area (Å²) in [7, 11) is 0. The van der Waals surface area contributed by atoms with Crippen molar-refractivity contribution in [1.29, 1.82) is 0 Å². The van der Waals surface area contributed by atoms with Gasteiger partial charge in [-0.1, -0.05) is 90.2 Å². The molecular weight excluding hydrogens is 428 g/mol. The summed E-state index contributed by atoms with van der Waals surface area (Å²) in [5.41, 5.74) is 1.38. The van der Waals surface area contributed by atoms with Crippen molar-refractivity contribution in [3.8, 4) is 5.75 Å². The smallest absolute Gasteiger partial charge is 0.305 e. The number of rotatable bonds is 24. The van der Waals surface area contributed by atoms with Gasteiger partial charge in [0.15, 0.2) is 0 Å². The lowest BCUT2D eigenvalue weighted by Gasteiger charge is -2.09. The highest BCUT2D eigenvalue weighted by molar-refractivity contribution is 5.69. The number of hydrogen-bond donors (Lipinski definition) is 0. The first-order valence-corrected chi connectivity index (χ1v) is 13.8. The maximum absolute atomic E-state index is 11.6. The predicted molar refractivity (Wildman–Crippen MR) is 140 cm³/mol. The molecule has 0 atom stereocenters. The van der Waals surface area contributed by atoms with Crippen molar-refractivity contribution in [1.82, 2.24) is 0 Å². The molecule has 0 saturated carbocycles. The molecule has 0 fully saturated rings. The lowest BCUT2D eigenvalue weighted by molar-refractivity contribution is -0.145. The van der Waals surface area contributed by atoms with Crippen LogP contribution in [0.2, 0.25) is 0 Å². The molecule has 0 unspecified atom stereocenters. The van der Waals surface area contributed by atoms with Gasteiger partial charge in [0.2, 0.25) is 0 Å². The van der Waals surface area contributed by atoms with Crippen LogP contribution in [0.5, 0.6) is 5.75 Å². The fraction of sp³-hybridized carbons (Fsp3) is 0.759. The number of unbranched alkanes of at least 4 members (excludes halogenated alkanes) is 10. The first-order valence-electron chi connectivity index (χ1n) is 13.8. The zero-order valence-corrected chi connectivity index (χ0v) is 22.0. The molecule has 5 nitrogen and oxygen atoms in total. The van der Waals surface area contributed by atoms with Gasteiger partial charge in [0.05, 0.1) is 26.4 Å². The van der Waals surface area contributed by atoms with Crippen molar-refractivity contribution >= 4 is 5.97 Å². The summed E-state index contributed by atoms with van der Waals surface area (Å²) >= 11 is 0. The molecule has 196 valence electrons. The summed E-state index contributed by atoms with van der Waals surface area (Å²) in [5, 5.41) is 0. The van der Waals surface area contributed by atoms with Crippen LogP contribution in [0, 0.1) is 0 Å². The second kappa shape index (κ2) is 23.2. The summed E-state index contributed by atoms with van der Waals surface area (Å²) in [6.45, 7) is 7.22. The lowest BCUT2D eigenvalue weighted by Crippen LogP contribution is -2.14. The van der Waals surface area contributed by atoms with E-state index in [2.05, 4.69) is 26.0 Å². The van der Waals surface area contributed by atoms with Crippen LogP contribution in [0.4, 0.5) is 0 Å². The van der Waals surface area contributed by atoms with E-state index >= 15 is 0 Å². The van der Waals surface area contributed by atoms with Crippen LogP contribution in [0.3, 0.4) is 0 Å². The van der Waals surface area contributed by atoms with Gasteiger partial charge in [0.25, 0.3) is 0 Å². The first-order chi connectivity index (χ1) is 16.8. The number of benzene rings is 1. The molecule has 0 N–H and O–H groups in total. The molecule has 5 heteroatoms. The highest BCUT2D eigenvalue weighted by atomic mass is 16.6. The Morgan fingerprint density at radius 2 is 1.15 bits per heavy atom. The van der Waals surface area contributed by atoms with Crippen LogP contribution in [-0.4, -0.2) is 45.6 Å². The van der Waals surface area contributed by atoms with E-state index in [9.17, 15) is 4.79 Å². The Hall–Kier alpha value is -1.59. The van der Waals surface area contributed by atoms with Crippen molar-refractivity contribution in [2.24, 2.45) is 0 Å². The van der Waals surface area contributed by atoms with E-state index < -0.39 is 0 Å². The zero-order chi connectivity index (χ0) is 24.5. The molecule has 1 aromatic carbocycles. The van der Waals surface area contributed by atoms with Crippen LogP contribution in [-0.2, 0) is 25.4 Å². The molecule has 0 aliphatic heterocycles. The Morgan fingerprint density at radius 1 is 0.618 bits per heavy atom. The lowest BCUT2D eigenvalue weighted by atomic mass is 10.0. The minimum Gasteiger partial charge on any atom is -0.491 e. The van der Waals surface area contributed by atoms with Crippen molar-refractivity contribution in [3.05, 3.63) is 29.8 Å². The van der Waals surface area contributed by atoms with Crippen LogP contribution >= 0.6 is 0 Å². The highest BCUT2D eigenvalue weighted by Gasteiger charge is 2.02. The van der Waals surface area contributed by atoms with Crippen molar-refractivity contribution in [2.45, 2.75) is 104 Å². The van der Waals surface area contributed by atoms with E-state index in [0.29, 0.717) is 46.1 Å². The van der Waals surface area contributed by atoms with E-state index in [-0.39, 0.29) is 5.97 Å². The third-order valence-electron chi connectivity index (χ3n) is 5.84. The van der Waals surface area contributed by atoms with E-state index in [1.54, 1.807) is 0 Å². The monoisotopic (exact) mass is 478 g/mol. The van der Waals surface area contributed by atoms with Gasteiger partial charge in [-0.05, 0) is 37.0 Å². The second-order valence-electron chi connectivity index (χ2n) is 8.97. The Morgan fingerprint density at radius 3 is 1.79 bits per heavy atom. The molecule has 0 bridgehead atoms. The van der Waals surface area contributed by atoms with Crippen LogP contribution in [0.15, 0.2) is 24.3 Å². The van der Waals surface area contributed by atoms with Crippen LogP contribution < -0.4 is 4.74 Å². The normalized spacial score (nSPS) is 11.0. The van der Waals surface area contributed by atoms with Crippen LogP contribution in [0.1, 0.15) is 103 Å². The molecule has 0 saturated heterocycles. The first kappa shape index (κ1) is 30.4. The molecule has 0 aromatic heterocycles. The standard InChI is InChI=1S/C29H50O5/c1-3-5-7-9-11-13-15-27-17-19-28(20-18-27)33-25-23-31-21-22-32-24-26-34-29(30)16-14-12-10-8-6-4-2/h17-20H,3-16,21-26H2,1-2H3. The Labute approximate surface area is 208 Å². The molecule has 1 aromatic rings. The van der Waals surface area contributed by atoms with Gasteiger partial charge in [-0.3, -0.25) is 4.79 Å². The summed E-state index contributed by atoms with van der Waals surface area (Å²) in [6.07, 6.45) is 16.7. The summed E-state index contributed by atoms with van der Waals surface area (Å²) in [4.78, 5) is 11.6. The average Bonchev–Trinajstić information content (AvgIpc) is 2.85. The van der Waals surface area contributed by atoms with Gasteiger partial charge < -0.3 is 18.9 Å². The van der Waals surface area contributed by atoms with Crippen molar-refractivity contribution < 1.29 is 23.7 Å². The largest absolute Gasteiger partial charge is 0.491 e. The zero-order valence-electron chi connectivity index (χ0n) is 22.0. The van der Waals surface area contributed by atoms with Gasteiger partial charge in [-0.2, -0.15) is 0 Å². The maximum atomic E-state index is 11.6. The minimum absolute atomic E-state index is 0.122. The Bertz CT molecular complexity index is 572. The number of hydrogen-bond acceptors (Lipinski definition) is 5. The topological polar surface area (TPSA) is 54.0 Å². The van der Waals surface area contributed by atoms with E-state index in [1.807, 2.05) is 12.1 Å². The predicted octanol–water partition coefficient (Wildman–Crippen LogP) is 7.30. The number of carbonyl (C=O) groups excluding carboxylic acids is 1. The fourth-order valence-electron chi connectivity index (χ4n) is 3.74. The van der Waals surface area contributed by atoms with E-state index in [4.69, 9.17) is 18.9 Å². The van der Waals surface area contributed by atoms with Gasteiger partial charge >= 0.3 is 5.97 Å². The van der Waals surface area contributed by atoms with E-state index in [1.165, 1.54) is 69.8 Å². The van der Waals surface area contributed by atoms with E-state index in [0.717, 1.165) is 25.0 Å². The molecule has 0 aliphatic rings. The third kappa shape index (κ3) is 18.8.